The zero-order valence-electron chi connectivity index (χ0n) is 14.2. The number of hydrogen-bond donors (Lipinski definition) is 0. The van der Waals surface area contributed by atoms with Gasteiger partial charge in [-0.2, -0.15) is 0 Å². The third-order valence-electron chi connectivity index (χ3n) is 4.85. The van der Waals surface area contributed by atoms with Crippen molar-refractivity contribution in [3.05, 3.63) is 76.4 Å². The lowest BCUT2D eigenvalue weighted by atomic mass is 9.77. The molecule has 0 N–H and O–H groups in total. The number of oxime groups is 1. The van der Waals surface area contributed by atoms with Gasteiger partial charge in [0.2, 0.25) is 0 Å². The molecule has 3 aromatic rings. The van der Waals surface area contributed by atoms with Crippen molar-refractivity contribution >= 4 is 32.5 Å². The quantitative estimate of drug-likeness (QED) is 0.598. The summed E-state index contributed by atoms with van der Waals surface area (Å²) in [6, 6.07) is 20.5. The third kappa shape index (κ3) is 2.95. The summed E-state index contributed by atoms with van der Waals surface area (Å²) in [5.41, 5.74) is 3.93. The Morgan fingerprint density at radius 2 is 1.76 bits per heavy atom. The van der Waals surface area contributed by atoms with Gasteiger partial charge < -0.3 is 4.84 Å². The van der Waals surface area contributed by atoms with E-state index in [1.807, 2.05) is 36.4 Å². The summed E-state index contributed by atoms with van der Waals surface area (Å²) in [6.07, 6.45) is 0.680. The first-order chi connectivity index (χ1) is 12.1. The molecule has 126 valence electrons. The molecule has 3 nitrogen and oxygen atoms in total. The smallest absolute Gasteiger partial charge is 0.143 e. The Bertz CT molecular complexity index is 951. The van der Waals surface area contributed by atoms with E-state index < -0.39 is 0 Å². The number of halogens is 1. The highest BCUT2D eigenvalue weighted by Crippen LogP contribution is 2.37. The molecule has 25 heavy (non-hydrogen) atoms. The molecule has 0 aliphatic carbocycles. The number of pyridine rings is 1. The number of aromatic nitrogens is 1. The maximum absolute atomic E-state index is 5.82. The van der Waals surface area contributed by atoms with Crippen molar-refractivity contribution in [2.45, 2.75) is 26.4 Å². The zero-order valence-corrected chi connectivity index (χ0v) is 15.8. The topological polar surface area (TPSA) is 34.5 Å². The van der Waals surface area contributed by atoms with Crippen molar-refractivity contribution in [3.63, 3.8) is 0 Å². The minimum Gasteiger partial charge on any atom is -0.391 e. The Labute approximate surface area is 155 Å². The van der Waals surface area contributed by atoms with Crippen molar-refractivity contribution in [2.75, 3.05) is 0 Å². The van der Waals surface area contributed by atoms with Crippen LogP contribution in [0.15, 0.2) is 70.3 Å². The molecule has 0 fully saturated rings. The van der Waals surface area contributed by atoms with E-state index in [1.54, 1.807) is 0 Å². The summed E-state index contributed by atoms with van der Waals surface area (Å²) in [4.78, 5) is 10.6. The highest BCUT2D eigenvalue weighted by atomic mass is 79.9. The molecule has 2 aromatic carbocycles. The Kier molecular flexibility index (Phi) is 4.08. The Morgan fingerprint density at radius 1 is 1.04 bits per heavy atom. The van der Waals surface area contributed by atoms with Gasteiger partial charge in [0.25, 0.3) is 0 Å². The van der Waals surface area contributed by atoms with Crippen LogP contribution in [0.25, 0.3) is 10.9 Å². The second-order valence-electron chi connectivity index (χ2n) is 6.94. The highest BCUT2D eigenvalue weighted by molar-refractivity contribution is 9.10. The zero-order chi connectivity index (χ0) is 17.4. The van der Waals surface area contributed by atoms with E-state index in [4.69, 9.17) is 9.82 Å². The van der Waals surface area contributed by atoms with Crippen molar-refractivity contribution in [1.29, 1.82) is 0 Å². The molecule has 2 heterocycles. The van der Waals surface area contributed by atoms with Gasteiger partial charge in [-0.25, -0.2) is 0 Å². The van der Waals surface area contributed by atoms with Gasteiger partial charge in [-0.15, -0.1) is 0 Å². The van der Waals surface area contributed by atoms with E-state index in [2.05, 4.69) is 59.2 Å². The van der Waals surface area contributed by atoms with Gasteiger partial charge in [0, 0.05) is 22.0 Å². The van der Waals surface area contributed by atoms with Gasteiger partial charge in [-0.1, -0.05) is 83.5 Å². The Balaban J connectivity index is 1.62. The van der Waals surface area contributed by atoms with Gasteiger partial charge in [0.1, 0.15) is 6.10 Å². The minimum absolute atomic E-state index is 0.0386. The molecule has 0 bridgehead atoms. The van der Waals surface area contributed by atoms with E-state index in [0.717, 1.165) is 38.8 Å². The number of hydrogen-bond acceptors (Lipinski definition) is 3. The summed E-state index contributed by atoms with van der Waals surface area (Å²) in [5.74, 6) is 0. The molecule has 1 atom stereocenters. The molecule has 0 amide bonds. The number of rotatable bonds is 3. The maximum Gasteiger partial charge on any atom is 0.143 e. The molecular weight excluding hydrogens is 376 g/mol. The molecule has 1 aromatic heterocycles. The lowest BCUT2D eigenvalue weighted by Gasteiger charge is -2.26. The third-order valence-corrected chi connectivity index (χ3v) is 5.50. The van der Waals surface area contributed by atoms with Crippen molar-refractivity contribution in [1.82, 2.24) is 4.98 Å². The van der Waals surface area contributed by atoms with Crippen molar-refractivity contribution < 1.29 is 4.84 Å². The second-order valence-corrected chi connectivity index (χ2v) is 7.79. The fourth-order valence-electron chi connectivity index (χ4n) is 3.31. The molecule has 4 rings (SSSR count). The fraction of sp³-hybridized carbons (Fsp3) is 0.238. The van der Waals surface area contributed by atoms with Gasteiger partial charge in [-0.3, -0.25) is 4.98 Å². The molecule has 1 aliphatic rings. The largest absolute Gasteiger partial charge is 0.391 e. The number of benzene rings is 2. The molecule has 4 heteroatoms. The van der Waals surface area contributed by atoms with Gasteiger partial charge in [0.05, 0.1) is 16.6 Å². The summed E-state index contributed by atoms with van der Waals surface area (Å²) < 4.78 is 1.06. The average molecular weight is 395 g/mol. The molecule has 0 saturated carbocycles. The number of nitrogens with zero attached hydrogens (tertiary/aromatic N) is 2. The van der Waals surface area contributed by atoms with Crippen LogP contribution in [0.5, 0.6) is 0 Å². The molecular formula is C21H19BrN2O. The van der Waals surface area contributed by atoms with Gasteiger partial charge in [-0.05, 0) is 17.7 Å². The lowest BCUT2D eigenvalue weighted by Crippen LogP contribution is -2.35. The van der Waals surface area contributed by atoms with Crippen LogP contribution >= 0.6 is 15.9 Å². The van der Waals surface area contributed by atoms with Crippen LogP contribution in [-0.2, 0) is 11.3 Å². The van der Waals surface area contributed by atoms with Crippen LogP contribution < -0.4 is 0 Å². The van der Waals surface area contributed by atoms with Crippen molar-refractivity contribution in [3.8, 4) is 0 Å². The van der Waals surface area contributed by atoms with Crippen LogP contribution in [0.2, 0.25) is 0 Å². The predicted molar refractivity (Wildman–Crippen MR) is 105 cm³/mol. The van der Waals surface area contributed by atoms with Crippen LogP contribution in [0.4, 0.5) is 0 Å². The number of para-hydroxylation sites is 1. The van der Waals surface area contributed by atoms with Gasteiger partial charge in [0.15, 0.2) is 0 Å². The Hall–Kier alpha value is -2.20. The standard InChI is InChI=1S/C21H19BrN2O/c1-21(2)19(25-24-20(21)14-8-4-3-5-9-14)13-15-12-17(22)16-10-6-7-11-18(16)23-15/h3-12,19H,13H2,1-2H3. The van der Waals surface area contributed by atoms with Crippen LogP contribution in [-0.4, -0.2) is 16.8 Å². The molecule has 0 radical (unpaired) electrons. The summed E-state index contributed by atoms with van der Waals surface area (Å²) in [6.45, 7) is 4.37. The fourth-order valence-corrected chi connectivity index (χ4v) is 3.91. The van der Waals surface area contributed by atoms with E-state index in [9.17, 15) is 0 Å². The van der Waals surface area contributed by atoms with Crippen molar-refractivity contribution in [2.24, 2.45) is 10.6 Å². The summed E-state index contributed by atoms with van der Waals surface area (Å²) in [5, 5.41) is 5.52. The number of fused-ring (bicyclic) bond motifs is 1. The lowest BCUT2D eigenvalue weighted by molar-refractivity contribution is 0.0365. The Morgan fingerprint density at radius 3 is 2.56 bits per heavy atom. The molecule has 1 unspecified atom stereocenters. The first kappa shape index (κ1) is 16.3. The van der Waals surface area contributed by atoms with E-state index >= 15 is 0 Å². The van der Waals surface area contributed by atoms with Crippen LogP contribution in [0.3, 0.4) is 0 Å². The van der Waals surface area contributed by atoms with Crippen LogP contribution in [0, 0.1) is 5.41 Å². The second kappa shape index (κ2) is 6.26. The monoisotopic (exact) mass is 394 g/mol. The maximum atomic E-state index is 5.82. The first-order valence-electron chi connectivity index (χ1n) is 8.39. The van der Waals surface area contributed by atoms with E-state index in [0.29, 0.717) is 0 Å². The molecule has 0 spiro atoms. The van der Waals surface area contributed by atoms with Crippen LogP contribution in [0.1, 0.15) is 25.1 Å². The predicted octanol–water partition coefficient (Wildman–Crippen LogP) is 5.37. The highest BCUT2D eigenvalue weighted by Gasteiger charge is 2.42. The first-order valence-corrected chi connectivity index (χ1v) is 9.19. The SMILES string of the molecule is CC1(C)C(c2ccccc2)=NOC1Cc1cc(Br)c2ccccc2n1. The molecule has 0 saturated heterocycles. The van der Waals surface area contributed by atoms with E-state index in [1.165, 1.54) is 0 Å². The normalized spacial score (nSPS) is 18.8. The summed E-state index contributed by atoms with van der Waals surface area (Å²) in [7, 11) is 0. The average Bonchev–Trinajstić information content (AvgIpc) is 2.90. The van der Waals surface area contributed by atoms with Gasteiger partial charge >= 0.3 is 0 Å². The molecule has 1 aliphatic heterocycles. The summed E-state index contributed by atoms with van der Waals surface area (Å²) >= 11 is 3.66. The minimum atomic E-state index is -0.179. The van der Waals surface area contributed by atoms with E-state index in [-0.39, 0.29) is 11.5 Å².